The van der Waals surface area contributed by atoms with Gasteiger partial charge in [0.1, 0.15) is 6.61 Å². The molecular formula is C31H36O6. The van der Waals surface area contributed by atoms with Crippen LogP contribution in [0, 0.1) is 17.3 Å². The highest BCUT2D eigenvalue weighted by Gasteiger charge is 2.68. The van der Waals surface area contributed by atoms with Gasteiger partial charge in [-0.3, -0.25) is 19.2 Å². The van der Waals surface area contributed by atoms with Crippen molar-refractivity contribution in [3.05, 3.63) is 58.2 Å². The lowest BCUT2D eigenvalue weighted by Crippen LogP contribution is -2.58. The van der Waals surface area contributed by atoms with Gasteiger partial charge in [0.25, 0.3) is 0 Å². The second-order valence-corrected chi connectivity index (χ2v) is 11.5. The van der Waals surface area contributed by atoms with E-state index in [4.69, 9.17) is 9.47 Å². The number of hydrogen-bond donors (Lipinski definition) is 0. The molecule has 0 spiro atoms. The normalized spacial score (nSPS) is 32.7. The zero-order chi connectivity index (χ0) is 26.5. The molecule has 0 amide bonds. The molecule has 2 saturated carbocycles. The van der Waals surface area contributed by atoms with E-state index in [1.54, 1.807) is 6.92 Å². The molecule has 0 aromatic heterocycles. The topological polar surface area (TPSA) is 86.7 Å². The second kappa shape index (κ2) is 9.46. The molecule has 0 saturated heterocycles. The van der Waals surface area contributed by atoms with Crippen LogP contribution in [-0.4, -0.2) is 42.6 Å². The van der Waals surface area contributed by atoms with Crippen LogP contribution >= 0.6 is 0 Å². The highest BCUT2D eigenvalue weighted by molar-refractivity contribution is 5.94. The van der Waals surface area contributed by atoms with Gasteiger partial charge in [-0.2, -0.15) is 0 Å². The van der Waals surface area contributed by atoms with Crippen LogP contribution in [0.5, 0.6) is 0 Å². The summed E-state index contributed by atoms with van der Waals surface area (Å²) in [6, 6.07) is 7.81. The molecule has 0 bridgehead atoms. The van der Waals surface area contributed by atoms with Crippen molar-refractivity contribution in [2.24, 2.45) is 17.3 Å². The van der Waals surface area contributed by atoms with Gasteiger partial charge in [0, 0.05) is 37.4 Å². The first kappa shape index (κ1) is 25.8. The molecule has 5 rings (SSSR count). The monoisotopic (exact) mass is 504 g/mol. The van der Waals surface area contributed by atoms with E-state index in [0.29, 0.717) is 24.8 Å². The summed E-state index contributed by atoms with van der Waals surface area (Å²) in [6.45, 7) is 4.98. The molecule has 1 aromatic carbocycles. The first-order valence-corrected chi connectivity index (χ1v) is 13.4. The summed E-state index contributed by atoms with van der Waals surface area (Å²) < 4.78 is 11.3. The van der Waals surface area contributed by atoms with E-state index in [1.807, 2.05) is 30.3 Å². The number of carbonyl (C=O) groups is 4. The highest BCUT2D eigenvalue weighted by atomic mass is 16.6. The van der Waals surface area contributed by atoms with Crippen LogP contribution in [0.1, 0.15) is 87.6 Å². The van der Waals surface area contributed by atoms with Crippen molar-refractivity contribution < 1.29 is 28.7 Å². The molecule has 2 fully saturated rings. The quantitative estimate of drug-likeness (QED) is 0.386. The molecule has 2 unspecified atom stereocenters. The van der Waals surface area contributed by atoms with Crippen molar-refractivity contribution >= 4 is 23.3 Å². The summed E-state index contributed by atoms with van der Waals surface area (Å²) in [5.74, 6) is 0.0226. The summed E-state index contributed by atoms with van der Waals surface area (Å²) >= 11 is 0. The molecule has 0 N–H and O–H groups in total. The van der Waals surface area contributed by atoms with Crippen LogP contribution in [0.3, 0.4) is 0 Å². The molecule has 37 heavy (non-hydrogen) atoms. The average molecular weight is 505 g/mol. The van der Waals surface area contributed by atoms with E-state index in [1.165, 1.54) is 25.2 Å². The van der Waals surface area contributed by atoms with E-state index in [0.717, 1.165) is 36.8 Å². The fourth-order valence-corrected chi connectivity index (χ4v) is 8.07. The first-order chi connectivity index (χ1) is 17.6. The first-order valence-electron chi connectivity index (χ1n) is 13.4. The molecule has 6 nitrogen and oxygen atoms in total. The van der Waals surface area contributed by atoms with Crippen molar-refractivity contribution in [3.8, 4) is 0 Å². The predicted octanol–water partition coefficient (Wildman–Crippen LogP) is 5.31. The predicted molar refractivity (Wildman–Crippen MR) is 138 cm³/mol. The maximum atomic E-state index is 13.7. The summed E-state index contributed by atoms with van der Waals surface area (Å²) in [4.78, 5) is 50.3. The standard InChI is InChI=1S/C31H36O6/c1-18(32)20-5-7-21(8-6-20)26-16-30(3)27(13-14-31(30,37-19(2)33)28(35)17-36-4)25-11-9-22-15-23(34)10-12-24(22)29(25)26/h5-8,15,25-27H,9-14,16-17H2,1-4H3/t25?,26-,27?,30+,31+/m1/s1. The van der Waals surface area contributed by atoms with Crippen LogP contribution in [0.2, 0.25) is 0 Å². The van der Waals surface area contributed by atoms with Crippen molar-refractivity contribution in [2.75, 3.05) is 13.7 Å². The maximum Gasteiger partial charge on any atom is 0.303 e. The van der Waals surface area contributed by atoms with Crippen LogP contribution in [-0.2, 0) is 23.9 Å². The molecule has 0 aliphatic heterocycles. The van der Waals surface area contributed by atoms with E-state index < -0.39 is 17.0 Å². The number of esters is 1. The summed E-state index contributed by atoms with van der Waals surface area (Å²) in [5.41, 5.74) is 3.82. The largest absolute Gasteiger partial charge is 0.451 e. The van der Waals surface area contributed by atoms with E-state index in [9.17, 15) is 19.2 Å². The molecule has 5 atom stereocenters. The number of allylic oxidation sites excluding steroid dienone is 4. The summed E-state index contributed by atoms with van der Waals surface area (Å²) in [5, 5.41) is 0. The Morgan fingerprint density at radius 2 is 1.76 bits per heavy atom. The lowest BCUT2D eigenvalue weighted by atomic mass is 9.50. The van der Waals surface area contributed by atoms with E-state index in [2.05, 4.69) is 6.92 Å². The molecular weight excluding hydrogens is 468 g/mol. The smallest absolute Gasteiger partial charge is 0.303 e. The number of methoxy groups -OCH3 is 1. The number of ketones is 3. The van der Waals surface area contributed by atoms with Crippen LogP contribution in [0.25, 0.3) is 0 Å². The maximum absolute atomic E-state index is 13.7. The van der Waals surface area contributed by atoms with E-state index >= 15 is 0 Å². The Labute approximate surface area is 218 Å². The van der Waals surface area contributed by atoms with Gasteiger partial charge >= 0.3 is 5.97 Å². The van der Waals surface area contributed by atoms with Gasteiger partial charge in [-0.1, -0.05) is 36.8 Å². The van der Waals surface area contributed by atoms with Gasteiger partial charge in [0.2, 0.25) is 5.78 Å². The molecule has 0 radical (unpaired) electrons. The van der Waals surface area contributed by atoms with Crippen LogP contribution in [0.15, 0.2) is 47.1 Å². The number of carbonyl (C=O) groups excluding carboxylic acids is 4. The second-order valence-electron chi connectivity index (χ2n) is 11.5. The minimum absolute atomic E-state index is 0.00235. The van der Waals surface area contributed by atoms with Crippen molar-refractivity contribution in [2.45, 2.75) is 77.2 Å². The Bertz CT molecular complexity index is 1220. The zero-order valence-corrected chi connectivity index (χ0v) is 22.2. The number of hydrogen-bond acceptors (Lipinski definition) is 6. The molecule has 4 aliphatic rings. The Balaban J connectivity index is 1.68. The number of fused-ring (bicyclic) bond motifs is 4. The average Bonchev–Trinajstić information content (AvgIpc) is 3.15. The summed E-state index contributed by atoms with van der Waals surface area (Å²) in [6.07, 6.45) is 6.82. The number of Topliss-reactive ketones (excluding diaryl/α,β-unsaturated/α-hetero) is 2. The van der Waals surface area contributed by atoms with Gasteiger partial charge in [-0.15, -0.1) is 0 Å². The van der Waals surface area contributed by atoms with Gasteiger partial charge in [-0.05, 0) is 80.1 Å². The fourth-order valence-electron chi connectivity index (χ4n) is 8.07. The Morgan fingerprint density at radius 1 is 1.03 bits per heavy atom. The third kappa shape index (κ3) is 4.04. The lowest BCUT2D eigenvalue weighted by Gasteiger charge is -2.55. The lowest BCUT2D eigenvalue weighted by molar-refractivity contribution is -0.185. The Hall–Kier alpha value is -2.86. The third-order valence-corrected chi connectivity index (χ3v) is 9.62. The minimum Gasteiger partial charge on any atom is -0.451 e. The van der Waals surface area contributed by atoms with Gasteiger partial charge in [-0.25, -0.2) is 0 Å². The SMILES string of the molecule is COCC(=O)[C@@]1(OC(C)=O)CCC2C3CCC4=CC(=O)CCC4=C3[C@@H](c3ccc(C(C)=O)cc3)C[C@@]21C. The molecule has 6 heteroatoms. The fraction of sp³-hybridized carbons (Fsp3) is 0.548. The summed E-state index contributed by atoms with van der Waals surface area (Å²) in [7, 11) is 1.50. The van der Waals surface area contributed by atoms with Gasteiger partial charge in [0.05, 0.1) is 0 Å². The molecule has 0 heterocycles. The van der Waals surface area contributed by atoms with Crippen LogP contribution in [0.4, 0.5) is 0 Å². The van der Waals surface area contributed by atoms with Gasteiger partial charge in [0.15, 0.2) is 17.2 Å². The number of benzene rings is 1. The molecule has 196 valence electrons. The molecule has 1 aromatic rings. The Kier molecular flexibility index (Phi) is 6.59. The van der Waals surface area contributed by atoms with Crippen molar-refractivity contribution in [1.82, 2.24) is 0 Å². The Morgan fingerprint density at radius 3 is 2.41 bits per heavy atom. The zero-order valence-electron chi connectivity index (χ0n) is 22.2. The number of rotatable bonds is 6. The van der Waals surface area contributed by atoms with Gasteiger partial charge < -0.3 is 9.47 Å². The van der Waals surface area contributed by atoms with Crippen molar-refractivity contribution in [1.29, 1.82) is 0 Å². The van der Waals surface area contributed by atoms with E-state index in [-0.39, 0.29) is 41.7 Å². The number of ether oxygens (including phenoxy) is 2. The minimum atomic E-state index is -1.23. The molecule has 4 aliphatic carbocycles. The van der Waals surface area contributed by atoms with Crippen molar-refractivity contribution in [3.63, 3.8) is 0 Å². The highest BCUT2D eigenvalue weighted by Crippen LogP contribution is 2.67. The van der Waals surface area contributed by atoms with Crippen LogP contribution < -0.4 is 0 Å². The third-order valence-electron chi connectivity index (χ3n) is 9.62.